The largest absolute Gasteiger partial charge is 0.339 e. The van der Waals surface area contributed by atoms with Crippen LogP contribution in [0.15, 0.2) is 4.52 Å². The third-order valence-electron chi connectivity index (χ3n) is 2.42. The molecule has 1 N–H and O–H groups in total. The molecule has 1 aliphatic rings. The first-order chi connectivity index (χ1) is 7.38. The van der Waals surface area contributed by atoms with E-state index >= 15 is 0 Å². The molecule has 0 unspecified atom stereocenters. The molecule has 5 heteroatoms. The molecule has 2 rings (SSSR count). The minimum Gasteiger partial charge on any atom is -0.339 e. The minimum atomic E-state index is 0.696. The first-order valence-corrected chi connectivity index (χ1v) is 6.64. The molecule has 0 radical (unpaired) electrons. The normalized spacial score (nSPS) is 16.6. The molecule has 15 heavy (non-hydrogen) atoms. The van der Waals surface area contributed by atoms with Gasteiger partial charge in [0.15, 0.2) is 5.82 Å². The average molecular weight is 227 g/mol. The van der Waals surface area contributed by atoms with Gasteiger partial charge in [0.2, 0.25) is 5.89 Å². The van der Waals surface area contributed by atoms with E-state index in [0.717, 1.165) is 42.7 Å². The zero-order valence-electron chi connectivity index (χ0n) is 9.03. The molecular formula is C10H17N3OS. The predicted molar refractivity (Wildman–Crippen MR) is 60.8 cm³/mol. The van der Waals surface area contributed by atoms with E-state index in [1.54, 1.807) is 0 Å². The van der Waals surface area contributed by atoms with Crippen molar-refractivity contribution in [2.24, 2.45) is 5.92 Å². The maximum Gasteiger partial charge on any atom is 0.227 e. The SMILES string of the molecule is CCCSCc1noc(CC2CNC2)n1. The van der Waals surface area contributed by atoms with Gasteiger partial charge in [-0.1, -0.05) is 12.1 Å². The predicted octanol–water partition coefficient (Wildman–Crippen LogP) is 1.47. The molecule has 0 aromatic carbocycles. The van der Waals surface area contributed by atoms with Crippen LogP contribution in [-0.2, 0) is 12.2 Å². The van der Waals surface area contributed by atoms with E-state index in [4.69, 9.17) is 4.52 Å². The van der Waals surface area contributed by atoms with Crippen LogP contribution in [0.2, 0.25) is 0 Å². The summed E-state index contributed by atoms with van der Waals surface area (Å²) in [6.07, 6.45) is 2.13. The van der Waals surface area contributed by atoms with Gasteiger partial charge < -0.3 is 9.84 Å². The lowest BCUT2D eigenvalue weighted by atomic mass is 10.00. The molecule has 1 aliphatic heterocycles. The third-order valence-corrected chi connectivity index (χ3v) is 3.58. The second-order valence-electron chi connectivity index (χ2n) is 3.89. The number of hydrogen-bond acceptors (Lipinski definition) is 5. The van der Waals surface area contributed by atoms with E-state index in [-0.39, 0.29) is 0 Å². The minimum absolute atomic E-state index is 0.696. The maximum atomic E-state index is 5.20. The Morgan fingerprint density at radius 1 is 1.53 bits per heavy atom. The molecule has 0 saturated carbocycles. The Morgan fingerprint density at radius 3 is 3.07 bits per heavy atom. The van der Waals surface area contributed by atoms with Gasteiger partial charge in [0, 0.05) is 6.42 Å². The molecule has 1 saturated heterocycles. The first kappa shape index (κ1) is 11.0. The van der Waals surface area contributed by atoms with E-state index in [1.165, 1.54) is 6.42 Å². The summed E-state index contributed by atoms with van der Waals surface area (Å²) in [5.41, 5.74) is 0. The average Bonchev–Trinajstić information content (AvgIpc) is 2.60. The molecule has 0 aliphatic carbocycles. The van der Waals surface area contributed by atoms with Gasteiger partial charge in [-0.15, -0.1) is 0 Å². The highest BCUT2D eigenvalue weighted by Gasteiger charge is 2.20. The highest BCUT2D eigenvalue weighted by atomic mass is 32.2. The van der Waals surface area contributed by atoms with Gasteiger partial charge in [0.1, 0.15) is 0 Å². The van der Waals surface area contributed by atoms with Crippen molar-refractivity contribution in [1.29, 1.82) is 0 Å². The van der Waals surface area contributed by atoms with E-state index in [1.807, 2.05) is 11.8 Å². The van der Waals surface area contributed by atoms with Crippen molar-refractivity contribution in [2.75, 3.05) is 18.8 Å². The van der Waals surface area contributed by atoms with Gasteiger partial charge in [-0.3, -0.25) is 0 Å². The summed E-state index contributed by atoms with van der Waals surface area (Å²) in [4.78, 5) is 4.38. The second kappa shape index (κ2) is 5.51. The van der Waals surface area contributed by atoms with Crippen LogP contribution < -0.4 is 5.32 Å². The fourth-order valence-electron chi connectivity index (χ4n) is 1.48. The topological polar surface area (TPSA) is 51.0 Å². The summed E-state index contributed by atoms with van der Waals surface area (Å²) in [5.74, 6) is 4.38. The highest BCUT2D eigenvalue weighted by molar-refractivity contribution is 7.98. The number of thioether (sulfide) groups is 1. The Hall–Kier alpha value is -0.550. The molecule has 4 nitrogen and oxygen atoms in total. The van der Waals surface area contributed by atoms with Crippen molar-refractivity contribution < 1.29 is 4.52 Å². The molecular weight excluding hydrogens is 210 g/mol. The number of hydrogen-bond donors (Lipinski definition) is 1. The summed E-state index contributed by atoms with van der Waals surface area (Å²) < 4.78 is 5.20. The Balaban J connectivity index is 1.75. The Bertz CT molecular complexity index is 299. The van der Waals surface area contributed by atoms with Crippen LogP contribution in [0, 0.1) is 5.92 Å². The highest BCUT2D eigenvalue weighted by Crippen LogP contribution is 2.14. The lowest BCUT2D eigenvalue weighted by Crippen LogP contribution is -2.43. The van der Waals surface area contributed by atoms with Crippen LogP contribution in [0.4, 0.5) is 0 Å². The monoisotopic (exact) mass is 227 g/mol. The van der Waals surface area contributed by atoms with Crippen LogP contribution in [0.25, 0.3) is 0 Å². The van der Waals surface area contributed by atoms with Gasteiger partial charge in [-0.2, -0.15) is 16.7 Å². The summed E-state index contributed by atoms with van der Waals surface area (Å²) in [5, 5.41) is 7.21. The van der Waals surface area contributed by atoms with Crippen LogP contribution >= 0.6 is 11.8 Å². The number of aromatic nitrogens is 2. The number of nitrogens with one attached hydrogen (secondary N) is 1. The van der Waals surface area contributed by atoms with Crippen molar-refractivity contribution in [3.05, 3.63) is 11.7 Å². The van der Waals surface area contributed by atoms with Crippen LogP contribution in [-0.4, -0.2) is 29.0 Å². The summed E-state index contributed by atoms with van der Waals surface area (Å²) in [7, 11) is 0. The number of nitrogens with zero attached hydrogens (tertiary/aromatic N) is 2. The zero-order valence-corrected chi connectivity index (χ0v) is 9.85. The van der Waals surface area contributed by atoms with Crippen LogP contribution in [0.1, 0.15) is 25.1 Å². The van der Waals surface area contributed by atoms with Gasteiger partial charge in [0.25, 0.3) is 0 Å². The summed E-state index contributed by atoms with van der Waals surface area (Å²) in [6.45, 7) is 4.35. The fourth-order valence-corrected chi connectivity index (χ4v) is 2.21. The molecule has 0 atom stereocenters. The van der Waals surface area contributed by atoms with Crippen molar-refractivity contribution in [3.8, 4) is 0 Å². The van der Waals surface area contributed by atoms with Crippen molar-refractivity contribution >= 4 is 11.8 Å². The van der Waals surface area contributed by atoms with Crippen molar-refractivity contribution in [2.45, 2.75) is 25.5 Å². The van der Waals surface area contributed by atoms with Crippen LogP contribution in [0.3, 0.4) is 0 Å². The van der Waals surface area contributed by atoms with E-state index in [0.29, 0.717) is 5.92 Å². The lowest BCUT2D eigenvalue weighted by molar-refractivity contribution is 0.295. The first-order valence-electron chi connectivity index (χ1n) is 5.48. The third kappa shape index (κ3) is 3.21. The molecule has 1 aromatic rings. The molecule has 1 fully saturated rings. The molecule has 84 valence electrons. The van der Waals surface area contributed by atoms with Gasteiger partial charge >= 0.3 is 0 Å². The van der Waals surface area contributed by atoms with E-state index in [2.05, 4.69) is 22.4 Å². The van der Waals surface area contributed by atoms with Gasteiger partial charge in [-0.05, 0) is 31.2 Å². The van der Waals surface area contributed by atoms with Crippen LogP contribution in [0.5, 0.6) is 0 Å². The number of rotatable bonds is 6. The molecule has 0 amide bonds. The quantitative estimate of drug-likeness (QED) is 0.746. The summed E-state index contributed by atoms with van der Waals surface area (Å²) >= 11 is 1.86. The van der Waals surface area contributed by atoms with Crippen molar-refractivity contribution in [3.63, 3.8) is 0 Å². The summed E-state index contributed by atoms with van der Waals surface area (Å²) in [6, 6.07) is 0. The second-order valence-corrected chi connectivity index (χ2v) is 4.99. The molecule has 1 aromatic heterocycles. The Labute approximate surface area is 94.2 Å². The Morgan fingerprint density at radius 2 is 2.40 bits per heavy atom. The standard InChI is InChI=1S/C10H17N3OS/c1-2-3-15-7-9-12-10(14-13-9)4-8-5-11-6-8/h8,11H,2-7H2,1H3. The van der Waals surface area contributed by atoms with Gasteiger partial charge in [-0.25, -0.2) is 0 Å². The lowest BCUT2D eigenvalue weighted by Gasteiger charge is -2.25. The maximum absolute atomic E-state index is 5.20. The van der Waals surface area contributed by atoms with E-state index in [9.17, 15) is 0 Å². The molecule has 2 heterocycles. The molecule has 0 bridgehead atoms. The Kier molecular flexibility index (Phi) is 4.02. The van der Waals surface area contributed by atoms with Crippen molar-refractivity contribution in [1.82, 2.24) is 15.5 Å². The smallest absolute Gasteiger partial charge is 0.227 e. The van der Waals surface area contributed by atoms with E-state index < -0.39 is 0 Å². The fraction of sp³-hybridized carbons (Fsp3) is 0.800. The van der Waals surface area contributed by atoms with Gasteiger partial charge in [0.05, 0.1) is 5.75 Å². The zero-order chi connectivity index (χ0) is 10.5. The molecule has 0 spiro atoms.